The van der Waals surface area contributed by atoms with Gasteiger partial charge in [-0.2, -0.15) is 0 Å². The highest BCUT2D eigenvalue weighted by molar-refractivity contribution is 7.19. The summed E-state index contributed by atoms with van der Waals surface area (Å²) in [7, 11) is 0. The fourth-order valence-corrected chi connectivity index (χ4v) is 3.69. The molecule has 20 heavy (non-hydrogen) atoms. The Labute approximate surface area is 123 Å². The van der Waals surface area contributed by atoms with E-state index < -0.39 is 6.10 Å². The predicted octanol–water partition coefficient (Wildman–Crippen LogP) is 2.95. The van der Waals surface area contributed by atoms with Crippen LogP contribution in [0.4, 0.5) is 0 Å². The van der Waals surface area contributed by atoms with Crippen LogP contribution in [0.2, 0.25) is 0 Å². The van der Waals surface area contributed by atoms with Crippen molar-refractivity contribution in [3.8, 4) is 0 Å². The van der Waals surface area contributed by atoms with Crippen LogP contribution < -0.4 is 5.32 Å². The molecule has 2 aromatic rings. The molecule has 2 N–H and O–H groups in total. The van der Waals surface area contributed by atoms with Crippen LogP contribution in [0, 0.1) is 5.92 Å². The predicted molar refractivity (Wildman–Crippen MR) is 83.2 cm³/mol. The van der Waals surface area contributed by atoms with Crippen LogP contribution in [0.1, 0.15) is 23.8 Å². The Kier molecular flexibility index (Phi) is 4.68. The van der Waals surface area contributed by atoms with Crippen molar-refractivity contribution in [3.05, 3.63) is 35.2 Å². The Bertz CT molecular complexity index is 515. The number of rotatable bonds is 5. The van der Waals surface area contributed by atoms with Gasteiger partial charge in [-0.1, -0.05) is 18.2 Å². The van der Waals surface area contributed by atoms with Crippen molar-refractivity contribution in [3.63, 3.8) is 0 Å². The van der Waals surface area contributed by atoms with E-state index in [0.29, 0.717) is 12.5 Å². The molecule has 1 atom stereocenters. The molecule has 0 spiro atoms. The lowest BCUT2D eigenvalue weighted by molar-refractivity contribution is 0.0650. The molecule has 1 unspecified atom stereocenters. The Morgan fingerprint density at radius 3 is 2.90 bits per heavy atom. The topological polar surface area (TPSA) is 41.5 Å². The molecule has 0 radical (unpaired) electrons. The van der Waals surface area contributed by atoms with E-state index in [-0.39, 0.29) is 0 Å². The molecular weight excluding hydrogens is 270 g/mol. The second kappa shape index (κ2) is 6.68. The van der Waals surface area contributed by atoms with Crippen molar-refractivity contribution < 1.29 is 9.84 Å². The summed E-state index contributed by atoms with van der Waals surface area (Å²) in [5.41, 5.74) is 0. The normalized spacial score (nSPS) is 18.4. The Balaban J connectivity index is 1.52. The maximum absolute atomic E-state index is 10.3. The molecule has 4 heteroatoms. The second-order valence-electron chi connectivity index (χ2n) is 5.42. The van der Waals surface area contributed by atoms with E-state index in [1.165, 1.54) is 10.1 Å². The molecule has 1 aromatic carbocycles. The molecule has 3 rings (SSSR count). The van der Waals surface area contributed by atoms with E-state index in [1.54, 1.807) is 11.3 Å². The standard InChI is InChI=1S/C16H21NO2S/c18-14(11-17-10-12-5-7-19-8-6-12)16-9-13-3-1-2-4-15(13)20-16/h1-4,9,12,14,17-18H,5-8,10-11H2. The molecule has 1 saturated heterocycles. The first kappa shape index (κ1) is 14.0. The summed E-state index contributed by atoms with van der Waals surface area (Å²) in [5.74, 6) is 0.693. The van der Waals surface area contributed by atoms with Crippen molar-refractivity contribution in [1.82, 2.24) is 5.32 Å². The van der Waals surface area contributed by atoms with E-state index in [4.69, 9.17) is 4.74 Å². The van der Waals surface area contributed by atoms with Crippen molar-refractivity contribution in [2.75, 3.05) is 26.3 Å². The minimum atomic E-state index is -0.410. The molecule has 2 heterocycles. The lowest BCUT2D eigenvalue weighted by Gasteiger charge is -2.22. The van der Waals surface area contributed by atoms with Crippen LogP contribution in [-0.4, -0.2) is 31.4 Å². The summed E-state index contributed by atoms with van der Waals surface area (Å²) in [6.45, 7) is 3.37. The smallest absolute Gasteiger partial charge is 0.101 e. The van der Waals surface area contributed by atoms with E-state index in [2.05, 4.69) is 23.5 Å². The van der Waals surface area contributed by atoms with Gasteiger partial charge in [-0.3, -0.25) is 0 Å². The van der Waals surface area contributed by atoms with Gasteiger partial charge in [0.1, 0.15) is 6.10 Å². The highest BCUT2D eigenvalue weighted by Crippen LogP contribution is 2.29. The van der Waals surface area contributed by atoms with Gasteiger partial charge in [0.2, 0.25) is 0 Å². The van der Waals surface area contributed by atoms with E-state index in [1.807, 2.05) is 12.1 Å². The monoisotopic (exact) mass is 291 g/mol. The van der Waals surface area contributed by atoms with Crippen LogP contribution in [-0.2, 0) is 4.74 Å². The number of ether oxygens (including phenoxy) is 1. The lowest BCUT2D eigenvalue weighted by atomic mass is 10.0. The van der Waals surface area contributed by atoms with Gasteiger partial charge in [-0.25, -0.2) is 0 Å². The number of hydrogen-bond donors (Lipinski definition) is 2. The van der Waals surface area contributed by atoms with Gasteiger partial charge < -0.3 is 15.2 Å². The number of benzene rings is 1. The molecule has 108 valence electrons. The molecule has 0 saturated carbocycles. The summed E-state index contributed by atoms with van der Waals surface area (Å²) < 4.78 is 6.60. The molecule has 0 aliphatic carbocycles. The van der Waals surface area contributed by atoms with Crippen LogP contribution in [0.15, 0.2) is 30.3 Å². The lowest BCUT2D eigenvalue weighted by Crippen LogP contribution is -2.30. The number of thiophene rings is 1. The number of nitrogens with one attached hydrogen (secondary N) is 1. The number of aliphatic hydroxyl groups excluding tert-OH is 1. The zero-order valence-electron chi connectivity index (χ0n) is 11.5. The largest absolute Gasteiger partial charge is 0.386 e. The Morgan fingerprint density at radius 2 is 2.10 bits per heavy atom. The third kappa shape index (κ3) is 3.38. The maximum atomic E-state index is 10.3. The molecule has 1 fully saturated rings. The first-order valence-electron chi connectivity index (χ1n) is 7.28. The first-order chi connectivity index (χ1) is 9.83. The number of fused-ring (bicyclic) bond motifs is 1. The van der Waals surface area contributed by atoms with Gasteiger partial charge in [0.25, 0.3) is 0 Å². The van der Waals surface area contributed by atoms with Crippen molar-refractivity contribution >= 4 is 21.4 Å². The maximum Gasteiger partial charge on any atom is 0.101 e. The minimum Gasteiger partial charge on any atom is -0.386 e. The van der Waals surface area contributed by atoms with Crippen molar-refractivity contribution in [1.29, 1.82) is 0 Å². The second-order valence-corrected chi connectivity index (χ2v) is 6.53. The fraction of sp³-hybridized carbons (Fsp3) is 0.500. The molecule has 1 aromatic heterocycles. The quantitative estimate of drug-likeness (QED) is 0.890. The summed E-state index contributed by atoms with van der Waals surface area (Å²) in [5, 5.41) is 14.9. The SMILES string of the molecule is OC(CNCC1CCOCC1)c1cc2ccccc2s1. The average Bonchev–Trinajstić information content (AvgIpc) is 2.92. The van der Waals surface area contributed by atoms with Crippen molar-refractivity contribution in [2.45, 2.75) is 18.9 Å². The fourth-order valence-electron chi connectivity index (χ4n) is 2.64. The average molecular weight is 291 g/mol. The summed E-state index contributed by atoms with van der Waals surface area (Å²) in [4.78, 5) is 1.05. The molecule has 1 aliphatic rings. The minimum absolute atomic E-state index is 0.410. The summed E-state index contributed by atoms with van der Waals surface area (Å²) in [6.07, 6.45) is 1.85. The summed E-state index contributed by atoms with van der Waals surface area (Å²) >= 11 is 1.68. The van der Waals surface area contributed by atoms with Crippen molar-refractivity contribution in [2.24, 2.45) is 5.92 Å². The third-order valence-corrected chi connectivity index (χ3v) is 5.10. The van der Waals surface area contributed by atoms with Gasteiger partial charge in [0, 0.05) is 29.3 Å². The zero-order chi connectivity index (χ0) is 13.8. The van der Waals surface area contributed by atoms with Crippen LogP contribution in [0.25, 0.3) is 10.1 Å². The van der Waals surface area contributed by atoms with Crippen LogP contribution in [0.3, 0.4) is 0 Å². The van der Waals surface area contributed by atoms with Gasteiger partial charge in [0.15, 0.2) is 0 Å². The molecule has 0 bridgehead atoms. The molecular formula is C16H21NO2S. The summed E-state index contributed by atoms with van der Waals surface area (Å²) in [6, 6.07) is 10.4. The Hall–Kier alpha value is -0.940. The molecule has 0 amide bonds. The zero-order valence-corrected chi connectivity index (χ0v) is 12.4. The van der Waals surface area contributed by atoms with Gasteiger partial charge in [-0.15, -0.1) is 11.3 Å². The van der Waals surface area contributed by atoms with Crippen LogP contribution in [0.5, 0.6) is 0 Å². The highest BCUT2D eigenvalue weighted by atomic mass is 32.1. The first-order valence-corrected chi connectivity index (χ1v) is 8.09. The highest BCUT2D eigenvalue weighted by Gasteiger charge is 2.15. The molecule has 3 nitrogen and oxygen atoms in total. The van der Waals surface area contributed by atoms with E-state index in [9.17, 15) is 5.11 Å². The van der Waals surface area contributed by atoms with Crippen LogP contribution >= 0.6 is 11.3 Å². The third-order valence-electron chi connectivity index (χ3n) is 3.88. The molecule has 1 aliphatic heterocycles. The van der Waals surface area contributed by atoms with E-state index >= 15 is 0 Å². The number of hydrogen-bond acceptors (Lipinski definition) is 4. The van der Waals surface area contributed by atoms with Gasteiger partial charge in [0.05, 0.1) is 0 Å². The Morgan fingerprint density at radius 1 is 1.30 bits per heavy atom. The van der Waals surface area contributed by atoms with Gasteiger partial charge >= 0.3 is 0 Å². The van der Waals surface area contributed by atoms with E-state index in [0.717, 1.165) is 37.5 Å². The number of aliphatic hydroxyl groups is 1. The van der Waals surface area contributed by atoms with Gasteiger partial charge in [-0.05, 0) is 42.8 Å².